The Balaban J connectivity index is 0.876. The molecular weight excluding hydrogens is 760 g/mol. The second-order valence-electron chi connectivity index (χ2n) is 16.5. The van der Waals surface area contributed by atoms with E-state index in [1.165, 1.54) is 19.4 Å². The molecule has 14 heteroatoms. The van der Waals surface area contributed by atoms with E-state index in [0.29, 0.717) is 30.3 Å². The number of rotatable bonds is 11. The Labute approximate surface area is 341 Å². The third-order valence-corrected chi connectivity index (χ3v) is 12.6. The highest BCUT2D eigenvalue weighted by Gasteiger charge is 2.52. The number of benzene rings is 2. The number of methoxy groups -OCH3 is 1. The van der Waals surface area contributed by atoms with Gasteiger partial charge in [-0.25, -0.2) is 9.78 Å². The van der Waals surface area contributed by atoms with Gasteiger partial charge in [0.15, 0.2) is 0 Å². The number of alkyl carbamates (subject to hydrolysis) is 1. The van der Waals surface area contributed by atoms with Gasteiger partial charge in [0.05, 0.1) is 25.0 Å². The molecule has 11 nitrogen and oxygen atoms in total. The van der Waals surface area contributed by atoms with Crippen LogP contribution in [0.1, 0.15) is 81.1 Å². The number of carbonyl (C=O) groups excluding carboxylic acids is 3. The SMILES string of the molecule is COC(=O)N[C@H](C(=O)N1CCC[C@H]1c1ncc(-c2ccc(-c3ccc(C4=CN=C(C5C6CCC(C6)[C@@H]5C(=O)NCc5ccc(C(F)(F)F)nc5)C4)cc3)cc2)[nH]1)C(C)C. The van der Waals surface area contributed by atoms with Crippen molar-refractivity contribution in [2.45, 2.75) is 77.2 Å². The molecule has 2 aliphatic heterocycles. The number of H-pyrrole nitrogens is 1. The minimum absolute atomic E-state index is 0.0455. The number of halogens is 3. The van der Waals surface area contributed by atoms with E-state index < -0.39 is 24.0 Å². The summed E-state index contributed by atoms with van der Waals surface area (Å²) in [4.78, 5) is 57.4. The van der Waals surface area contributed by atoms with Crippen LogP contribution in [0, 0.1) is 29.6 Å². The molecule has 2 aromatic heterocycles. The number of likely N-dealkylation sites (tertiary alicyclic amines) is 1. The largest absolute Gasteiger partial charge is 0.453 e. The lowest BCUT2D eigenvalue weighted by Crippen LogP contribution is -2.51. The average molecular weight is 808 g/mol. The van der Waals surface area contributed by atoms with Crippen LogP contribution in [0.25, 0.3) is 28.0 Å². The van der Waals surface area contributed by atoms with Crippen LogP contribution in [0.3, 0.4) is 0 Å². The molecular formula is C45H48F3N7O4. The zero-order valence-electron chi connectivity index (χ0n) is 33.3. The molecule has 1 saturated heterocycles. The Morgan fingerprint density at radius 2 is 1.59 bits per heavy atom. The number of pyridine rings is 1. The second-order valence-corrected chi connectivity index (χ2v) is 16.5. The summed E-state index contributed by atoms with van der Waals surface area (Å²) < 4.78 is 43.6. The molecule has 3 fully saturated rings. The Kier molecular flexibility index (Phi) is 11.2. The number of allylic oxidation sites excluding steroid dienone is 1. The van der Waals surface area contributed by atoms with Gasteiger partial charge in [-0.15, -0.1) is 0 Å². The van der Waals surface area contributed by atoms with Crippen molar-refractivity contribution >= 4 is 29.2 Å². The zero-order valence-corrected chi connectivity index (χ0v) is 33.3. The molecule has 0 radical (unpaired) electrons. The normalized spacial score (nSPS) is 23.0. The molecule has 2 aliphatic carbocycles. The fourth-order valence-electron chi connectivity index (χ4n) is 9.54. The van der Waals surface area contributed by atoms with Crippen molar-refractivity contribution in [3.8, 4) is 22.4 Å². The summed E-state index contributed by atoms with van der Waals surface area (Å²) in [5, 5.41) is 5.67. The average Bonchev–Trinajstić information content (AvgIpc) is 4.10. The summed E-state index contributed by atoms with van der Waals surface area (Å²) in [5.74, 6) is 0.898. The predicted octanol–water partition coefficient (Wildman–Crippen LogP) is 8.37. The van der Waals surface area contributed by atoms with E-state index in [1.54, 1.807) is 11.1 Å². The van der Waals surface area contributed by atoms with Gasteiger partial charge < -0.3 is 25.3 Å². The maximum Gasteiger partial charge on any atom is 0.433 e. The fraction of sp³-hybridized carbons (Fsp3) is 0.422. The number of nitrogens with one attached hydrogen (secondary N) is 3. The van der Waals surface area contributed by atoms with Crippen molar-refractivity contribution in [2.75, 3.05) is 13.7 Å². The second kappa shape index (κ2) is 16.5. The summed E-state index contributed by atoms with van der Waals surface area (Å²) in [5.41, 5.74) is 6.74. The summed E-state index contributed by atoms with van der Waals surface area (Å²) in [6.45, 7) is 4.50. The highest BCUT2D eigenvalue weighted by atomic mass is 19.4. The molecule has 2 aromatic carbocycles. The van der Waals surface area contributed by atoms with Gasteiger partial charge in [-0.3, -0.25) is 19.6 Å². The summed E-state index contributed by atoms with van der Waals surface area (Å²) in [6, 6.07) is 18.1. The van der Waals surface area contributed by atoms with Crippen LogP contribution >= 0.6 is 0 Å². The fourth-order valence-corrected chi connectivity index (χ4v) is 9.54. The van der Waals surface area contributed by atoms with Gasteiger partial charge in [0.25, 0.3) is 0 Å². The lowest BCUT2D eigenvalue weighted by molar-refractivity contribution is -0.141. The van der Waals surface area contributed by atoms with Gasteiger partial charge in [0, 0.05) is 49.5 Å². The standard InChI is InChI=1S/C45H48F3N7O4/c1-25(2)40(54-44(58)59-3)43(57)55-18-4-5-36(55)41-51-24-35(53-41)30-13-11-28(12-14-30)27-7-9-29(10-8-27)33-20-34(49-23-33)38-31-15-16-32(19-31)39(38)42(56)52-22-26-6-17-37(50-21-26)45(46,47)48/h6-14,17,21,23-25,31-32,36,38-40H,4-5,15-16,18-20,22H2,1-3H3,(H,51,53)(H,52,56)(H,54,58)/t31?,32?,36-,38?,39-,40-/m0/s1. The summed E-state index contributed by atoms with van der Waals surface area (Å²) in [7, 11) is 1.28. The Morgan fingerprint density at radius 1 is 0.898 bits per heavy atom. The van der Waals surface area contributed by atoms with Crippen molar-refractivity contribution in [3.05, 3.63) is 102 Å². The van der Waals surface area contributed by atoms with E-state index in [0.717, 1.165) is 77.4 Å². The quantitative estimate of drug-likeness (QED) is 0.139. The molecule has 4 aliphatic rings. The number of aliphatic imine (C=N–C) groups is 1. The van der Waals surface area contributed by atoms with Gasteiger partial charge >= 0.3 is 12.3 Å². The van der Waals surface area contributed by atoms with Crippen LogP contribution in [-0.2, 0) is 27.0 Å². The number of alkyl halides is 3. The van der Waals surface area contributed by atoms with Crippen molar-refractivity contribution in [2.24, 2.45) is 34.6 Å². The maximum atomic E-state index is 13.6. The monoisotopic (exact) mass is 807 g/mol. The van der Waals surface area contributed by atoms with Crippen LogP contribution in [-0.4, -0.2) is 63.2 Å². The number of amides is 3. The minimum Gasteiger partial charge on any atom is -0.453 e. The molecule has 2 bridgehead atoms. The number of hydrogen-bond acceptors (Lipinski definition) is 7. The number of aromatic nitrogens is 3. The van der Waals surface area contributed by atoms with Gasteiger partial charge in [-0.05, 0) is 89.3 Å². The predicted molar refractivity (Wildman–Crippen MR) is 216 cm³/mol. The van der Waals surface area contributed by atoms with Crippen LogP contribution < -0.4 is 10.6 Å². The molecule has 3 amide bonds. The van der Waals surface area contributed by atoms with Gasteiger partial charge in [-0.1, -0.05) is 68.4 Å². The first-order valence-corrected chi connectivity index (χ1v) is 20.3. The number of ether oxygens (including phenoxy) is 1. The number of aromatic amines is 1. The first-order valence-electron chi connectivity index (χ1n) is 20.3. The van der Waals surface area contributed by atoms with E-state index >= 15 is 0 Å². The highest BCUT2D eigenvalue weighted by Crippen LogP contribution is 2.54. The van der Waals surface area contributed by atoms with Crippen molar-refractivity contribution < 1.29 is 32.3 Å². The van der Waals surface area contributed by atoms with Gasteiger partial charge in [0.1, 0.15) is 17.6 Å². The Bertz CT molecular complexity index is 2250. The molecule has 8 rings (SSSR count). The summed E-state index contributed by atoms with van der Waals surface area (Å²) in [6.07, 6.45) is 5.11. The Morgan fingerprint density at radius 3 is 2.25 bits per heavy atom. The first kappa shape index (κ1) is 40.0. The first-order chi connectivity index (χ1) is 28.4. The molecule has 6 atom stereocenters. The molecule has 308 valence electrons. The number of nitrogens with zero attached hydrogens (tertiary/aromatic N) is 4. The molecule has 59 heavy (non-hydrogen) atoms. The van der Waals surface area contributed by atoms with E-state index in [-0.39, 0.29) is 48.1 Å². The molecule has 3 unspecified atom stereocenters. The van der Waals surface area contributed by atoms with Gasteiger partial charge in [-0.2, -0.15) is 13.2 Å². The molecule has 3 N–H and O–H groups in total. The lowest BCUT2D eigenvalue weighted by atomic mass is 9.75. The molecule has 0 spiro atoms. The van der Waals surface area contributed by atoms with Crippen molar-refractivity contribution in [1.29, 1.82) is 0 Å². The van der Waals surface area contributed by atoms with Crippen molar-refractivity contribution in [1.82, 2.24) is 30.5 Å². The van der Waals surface area contributed by atoms with Crippen LogP contribution in [0.4, 0.5) is 18.0 Å². The summed E-state index contributed by atoms with van der Waals surface area (Å²) >= 11 is 0. The van der Waals surface area contributed by atoms with E-state index in [4.69, 9.17) is 9.73 Å². The van der Waals surface area contributed by atoms with E-state index in [1.807, 2.05) is 20.0 Å². The molecule has 4 heterocycles. The smallest absolute Gasteiger partial charge is 0.433 e. The lowest BCUT2D eigenvalue weighted by Gasteiger charge is -2.30. The number of imidazole rings is 1. The third-order valence-electron chi connectivity index (χ3n) is 12.6. The van der Waals surface area contributed by atoms with Crippen molar-refractivity contribution in [3.63, 3.8) is 0 Å². The molecule has 4 aromatic rings. The highest BCUT2D eigenvalue weighted by molar-refractivity contribution is 6.02. The molecule has 2 saturated carbocycles. The Hall–Kier alpha value is -5.79. The minimum atomic E-state index is -4.51. The topological polar surface area (TPSA) is 142 Å². The van der Waals surface area contributed by atoms with E-state index in [2.05, 4.69) is 74.1 Å². The number of carbonyl (C=O) groups is 3. The number of fused-ring (bicyclic) bond motifs is 2. The van der Waals surface area contributed by atoms with Gasteiger partial charge in [0.2, 0.25) is 11.8 Å². The van der Waals surface area contributed by atoms with Crippen LogP contribution in [0.15, 0.2) is 84.2 Å². The zero-order chi connectivity index (χ0) is 41.4. The van der Waals surface area contributed by atoms with Crippen LogP contribution in [0.2, 0.25) is 0 Å². The van der Waals surface area contributed by atoms with E-state index in [9.17, 15) is 27.6 Å². The maximum absolute atomic E-state index is 13.6. The van der Waals surface area contributed by atoms with Crippen LogP contribution in [0.5, 0.6) is 0 Å². The third kappa shape index (κ3) is 8.26. The number of hydrogen-bond donors (Lipinski definition) is 3.